The summed E-state index contributed by atoms with van der Waals surface area (Å²) in [5, 5.41) is 15.1. The van der Waals surface area contributed by atoms with Crippen molar-refractivity contribution in [2.45, 2.75) is 26.3 Å². The predicted octanol–water partition coefficient (Wildman–Crippen LogP) is 3.56. The molecule has 0 aliphatic rings. The van der Waals surface area contributed by atoms with Crippen LogP contribution in [-0.2, 0) is 11.2 Å². The molecule has 0 aliphatic carbocycles. The third-order valence-electron chi connectivity index (χ3n) is 3.47. The quantitative estimate of drug-likeness (QED) is 0.886. The number of hydrogen-bond donors (Lipinski definition) is 2. The van der Waals surface area contributed by atoms with Crippen LogP contribution in [0.5, 0.6) is 0 Å². The monoisotopic (exact) mass is 293 g/mol. The highest BCUT2D eigenvalue weighted by molar-refractivity contribution is 5.97. The van der Waals surface area contributed by atoms with Crippen LogP contribution in [0.4, 0.5) is 11.4 Å². The molecule has 0 unspecified atom stereocenters. The molecule has 1 amide bonds. The molecule has 2 aromatic rings. The topological polar surface area (TPSA) is 64.9 Å². The maximum absolute atomic E-state index is 12.3. The largest absolute Gasteiger partial charge is 0.374 e. The van der Waals surface area contributed by atoms with Crippen LogP contribution in [0.2, 0.25) is 0 Å². The van der Waals surface area contributed by atoms with Crippen molar-refractivity contribution in [1.29, 1.82) is 5.26 Å². The number of anilines is 2. The van der Waals surface area contributed by atoms with Gasteiger partial charge in [-0.25, -0.2) is 0 Å². The number of nitrogens with one attached hydrogen (secondary N) is 2. The first-order valence-corrected chi connectivity index (χ1v) is 7.30. The number of rotatable bonds is 5. The first-order valence-electron chi connectivity index (χ1n) is 7.30. The van der Waals surface area contributed by atoms with Gasteiger partial charge in [-0.05, 0) is 37.1 Å². The Kier molecular flexibility index (Phi) is 5.16. The summed E-state index contributed by atoms with van der Waals surface area (Å²) >= 11 is 0. The average Bonchev–Trinajstić information content (AvgIpc) is 2.55. The molecular formula is C18H19N3O. The summed E-state index contributed by atoms with van der Waals surface area (Å²) in [4.78, 5) is 12.3. The van der Waals surface area contributed by atoms with Crippen molar-refractivity contribution in [2.75, 3.05) is 10.6 Å². The molecule has 1 atom stereocenters. The molecule has 0 aromatic heterocycles. The summed E-state index contributed by atoms with van der Waals surface area (Å²) in [6.45, 7) is 3.88. The van der Waals surface area contributed by atoms with E-state index in [4.69, 9.17) is 5.26 Å². The number of nitriles is 1. The van der Waals surface area contributed by atoms with Gasteiger partial charge in [-0.1, -0.05) is 37.3 Å². The number of nitrogens with zero attached hydrogens (tertiary/aromatic N) is 1. The van der Waals surface area contributed by atoms with Crippen LogP contribution >= 0.6 is 0 Å². The molecule has 0 spiro atoms. The van der Waals surface area contributed by atoms with E-state index in [1.807, 2.05) is 24.3 Å². The molecule has 0 radical (unpaired) electrons. The van der Waals surface area contributed by atoms with E-state index in [2.05, 4.69) is 23.6 Å². The summed E-state index contributed by atoms with van der Waals surface area (Å²) in [5.74, 6) is -0.173. The fraction of sp³-hybridized carbons (Fsp3) is 0.222. The van der Waals surface area contributed by atoms with E-state index in [9.17, 15) is 4.79 Å². The standard InChI is InChI=1S/C18H19N3O/c1-3-14-8-4-6-10-16(14)20-13(2)18(22)21-17-11-7-5-9-15(17)12-19/h4-11,13,20H,3H2,1-2H3,(H,21,22)/t13-/m1/s1. The molecule has 2 aromatic carbocycles. The van der Waals surface area contributed by atoms with E-state index in [0.29, 0.717) is 11.3 Å². The number of para-hydroxylation sites is 2. The zero-order valence-electron chi connectivity index (χ0n) is 12.8. The Morgan fingerprint density at radius 3 is 2.45 bits per heavy atom. The minimum absolute atomic E-state index is 0.173. The molecule has 0 saturated heterocycles. The van der Waals surface area contributed by atoms with Gasteiger partial charge in [0.05, 0.1) is 11.3 Å². The van der Waals surface area contributed by atoms with Gasteiger partial charge in [0.1, 0.15) is 12.1 Å². The number of amides is 1. The van der Waals surface area contributed by atoms with Crippen LogP contribution in [0.25, 0.3) is 0 Å². The van der Waals surface area contributed by atoms with Crippen molar-refractivity contribution in [3.8, 4) is 6.07 Å². The maximum Gasteiger partial charge on any atom is 0.246 e. The van der Waals surface area contributed by atoms with Gasteiger partial charge in [0.2, 0.25) is 5.91 Å². The van der Waals surface area contributed by atoms with Crippen molar-refractivity contribution in [2.24, 2.45) is 0 Å². The van der Waals surface area contributed by atoms with Crippen molar-refractivity contribution in [1.82, 2.24) is 0 Å². The van der Waals surface area contributed by atoms with E-state index < -0.39 is 6.04 Å². The van der Waals surface area contributed by atoms with Gasteiger partial charge in [0, 0.05) is 5.69 Å². The molecule has 0 fully saturated rings. The normalized spacial score (nSPS) is 11.3. The number of hydrogen-bond acceptors (Lipinski definition) is 3. The molecule has 0 aliphatic heterocycles. The molecule has 2 rings (SSSR count). The Labute approximate surface area is 130 Å². The number of carbonyl (C=O) groups excluding carboxylic acids is 1. The number of aryl methyl sites for hydroxylation is 1. The van der Waals surface area contributed by atoms with Crippen molar-refractivity contribution in [3.05, 3.63) is 59.7 Å². The first kappa shape index (κ1) is 15.6. The number of carbonyl (C=O) groups is 1. The maximum atomic E-state index is 12.3. The Balaban J connectivity index is 2.08. The van der Waals surface area contributed by atoms with E-state index in [1.165, 1.54) is 5.56 Å². The molecule has 0 bridgehead atoms. The molecule has 22 heavy (non-hydrogen) atoms. The average molecular weight is 293 g/mol. The van der Waals surface area contributed by atoms with E-state index in [-0.39, 0.29) is 5.91 Å². The Bertz CT molecular complexity index is 703. The van der Waals surface area contributed by atoms with Gasteiger partial charge < -0.3 is 10.6 Å². The first-order chi connectivity index (χ1) is 10.7. The lowest BCUT2D eigenvalue weighted by Gasteiger charge is -2.18. The van der Waals surface area contributed by atoms with Crippen LogP contribution in [0.15, 0.2) is 48.5 Å². The summed E-state index contributed by atoms with van der Waals surface area (Å²) in [6.07, 6.45) is 0.898. The van der Waals surface area contributed by atoms with Gasteiger partial charge in [-0.2, -0.15) is 5.26 Å². The Hall–Kier alpha value is -2.80. The van der Waals surface area contributed by atoms with Crippen molar-refractivity contribution in [3.63, 3.8) is 0 Å². The lowest BCUT2D eigenvalue weighted by atomic mass is 10.1. The SMILES string of the molecule is CCc1ccccc1N[C@H](C)C(=O)Nc1ccccc1C#N. The zero-order valence-corrected chi connectivity index (χ0v) is 12.8. The second kappa shape index (κ2) is 7.28. The highest BCUT2D eigenvalue weighted by atomic mass is 16.2. The highest BCUT2D eigenvalue weighted by Gasteiger charge is 2.15. The van der Waals surface area contributed by atoms with Crippen molar-refractivity contribution >= 4 is 17.3 Å². The molecule has 4 nitrogen and oxygen atoms in total. The fourth-order valence-corrected chi connectivity index (χ4v) is 2.20. The van der Waals surface area contributed by atoms with E-state index >= 15 is 0 Å². The fourth-order valence-electron chi connectivity index (χ4n) is 2.20. The van der Waals surface area contributed by atoms with E-state index in [0.717, 1.165) is 12.1 Å². The summed E-state index contributed by atoms with van der Waals surface area (Å²) in [7, 11) is 0. The van der Waals surface area contributed by atoms with Crippen LogP contribution in [0, 0.1) is 11.3 Å². The second-order valence-corrected chi connectivity index (χ2v) is 5.02. The lowest BCUT2D eigenvalue weighted by Crippen LogP contribution is -2.32. The minimum atomic E-state index is -0.403. The molecule has 2 N–H and O–H groups in total. The summed E-state index contributed by atoms with van der Waals surface area (Å²) in [6, 6.07) is 16.6. The number of benzene rings is 2. The third kappa shape index (κ3) is 3.64. The highest BCUT2D eigenvalue weighted by Crippen LogP contribution is 2.18. The van der Waals surface area contributed by atoms with Crippen LogP contribution in [0.3, 0.4) is 0 Å². The molecule has 112 valence electrons. The van der Waals surface area contributed by atoms with Crippen LogP contribution < -0.4 is 10.6 Å². The molecule has 4 heteroatoms. The van der Waals surface area contributed by atoms with E-state index in [1.54, 1.807) is 31.2 Å². The molecule has 0 saturated carbocycles. The van der Waals surface area contributed by atoms with Crippen LogP contribution in [-0.4, -0.2) is 11.9 Å². The van der Waals surface area contributed by atoms with Gasteiger partial charge in [0.25, 0.3) is 0 Å². The smallest absolute Gasteiger partial charge is 0.246 e. The Morgan fingerprint density at radius 1 is 1.14 bits per heavy atom. The van der Waals surface area contributed by atoms with Gasteiger partial charge in [-0.15, -0.1) is 0 Å². The van der Waals surface area contributed by atoms with Gasteiger partial charge >= 0.3 is 0 Å². The third-order valence-corrected chi connectivity index (χ3v) is 3.47. The summed E-state index contributed by atoms with van der Waals surface area (Å²) < 4.78 is 0. The lowest BCUT2D eigenvalue weighted by molar-refractivity contribution is -0.116. The van der Waals surface area contributed by atoms with Gasteiger partial charge in [-0.3, -0.25) is 4.79 Å². The predicted molar refractivity (Wildman–Crippen MR) is 88.7 cm³/mol. The second-order valence-electron chi connectivity index (χ2n) is 5.02. The summed E-state index contributed by atoms with van der Waals surface area (Å²) in [5.41, 5.74) is 3.12. The Morgan fingerprint density at radius 2 is 1.77 bits per heavy atom. The van der Waals surface area contributed by atoms with Gasteiger partial charge in [0.15, 0.2) is 0 Å². The zero-order chi connectivity index (χ0) is 15.9. The molecule has 0 heterocycles. The minimum Gasteiger partial charge on any atom is -0.374 e. The molecular weight excluding hydrogens is 274 g/mol. The van der Waals surface area contributed by atoms with Crippen molar-refractivity contribution < 1.29 is 4.79 Å². The van der Waals surface area contributed by atoms with Crippen LogP contribution in [0.1, 0.15) is 25.0 Å².